The van der Waals surface area contributed by atoms with Crippen LogP contribution in [0.4, 0.5) is 0 Å². The van der Waals surface area contributed by atoms with E-state index in [4.69, 9.17) is 5.73 Å². The Hall–Kier alpha value is -1.87. The molecule has 0 saturated carbocycles. The third-order valence-electron chi connectivity index (χ3n) is 2.91. The van der Waals surface area contributed by atoms with Crippen LogP contribution in [0.2, 0.25) is 0 Å². The molecule has 3 heteroatoms. The van der Waals surface area contributed by atoms with Gasteiger partial charge in [-0.25, -0.2) is 0 Å². The fourth-order valence-corrected chi connectivity index (χ4v) is 1.99. The number of rotatable bonds is 3. The molecule has 0 saturated heterocycles. The highest BCUT2D eigenvalue weighted by Crippen LogP contribution is 2.24. The van der Waals surface area contributed by atoms with E-state index in [1.807, 2.05) is 42.5 Å². The molecule has 88 valence electrons. The lowest BCUT2D eigenvalue weighted by molar-refractivity contribution is -0.120. The maximum Gasteiger partial charge on any atom is 0.221 e. The quantitative estimate of drug-likeness (QED) is 0.844. The number of carbonyl (C=O) groups is 1. The Morgan fingerprint density at radius 3 is 2.71 bits per heavy atom. The predicted molar refractivity (Wildman–Crippen MR) is 69.6 cm³/mol. The summed E-state index contributed by atoms with van der Waals surface area (Å²) in [4.78, 5) is 11.3. The lowest BCUT2D eigenvalue weighted by Crippen LogP contribution is -2.24. The molecule has 1 atom stereocenters. The zero-order valence-corrected chi connectivity index (χ0v) is 9.81. The van der Waals surface area contributed by atoms with Crippen molar-refractivity contribution in [3.05, 3.63) is 48.0 Å². The summed E-state index contributed by atoms with van der Waals surface area (Å²) in [6.07, 6.45) is 0.310. The summed E-state index contributed by atoms with van der Waals surface area (Å²) in [5.74, 6) is -0.0366. The molecule has 0 radical (unpaired) electrons. The topological polar surface area (TPSA) is 55.1 Å². The second kappa shape index (κ2) is 4.97. The Bertz CT molecular complexity index is 531. The number of fused-ring (bicyclic) bond motifs is 1. The average Bonchev–Trinajstić information content (AvgIpc) is 2.37. The van der Waals surface area contributed by atoms with Crippen molar-refractivity contribution in [2.24, 2.45) is 5.73 Å². The molecule has 0 aliphatic carbocycles. The van der Waals surface area contributed by atoms with Crippen LogP contribution in [0.1, 0.15) is 18.0 Å². The van der Waals surface area contributed by atoms with E-state index in [1.165, 1.54) is 0 Å². The van der Waals surface area contributed by atoms with E-state index in [9.17, 15) is 4.79 Å². The molecule has 0 aromatic heterocycles. The maximum atomic E-state index is 11.3. The Balaban J connectivity index is 2.38. The fourth-order valence-electron chi connectivity index (χ4n) is 1.99. The van der Waals surface area contributed by atoms with Gasteiger partial charge >= 0.3 is 0 Å². The van der Waals surface area contributed by atoms with E-state index < -0.39 is 0 Å². The monoisotopic (exact) mass is 228 g/mol. The van der Waals surface area contributed by atoms with Gasteiger partial charge in [0.05, 0.1) is 0 Å². The van der Waals surface area contributed by atoms with E-state index in [2.05, 4.69) is 5.32 Å². The van der Waals surface area contributed by atoms with Gasteiger partial charge in [0.2, 0.25) is 5.91 Å². The van der Waals surface area contributed by atoms with Gasteiger partial charge in [0, 0.05) is 19.5 Å². The highest BCUT2D eigenvalue weighted by molar-refractivity contribution is 5.87. The first-order valence-electron chi connectivity index (χ1n) is 5.66. The predicted octanol–water partition coefficient (Wildman–Crippen LogP) is 1.98. The van der Waals surface area contributed by atoms with Crippen LogP contribution in [-0.4, -0.2) is 13.0 Å². The van der Waals surface area contributed by atoms with Crippen molar-refractivity contribution in [2.75, 3.05) is 7.05 Å². The van der Waals surface area contributed by atoms with E-state index >= 15 is 0 Å². The SMILES string of the molecule is CNC(=O)CC(N)c1cccc2ccccc12. The number of carbonyl (C=O) groups excluding carboxylic acids is 1. The van der Waals surface area contributed by atoms with E-state index in [-0.39, 0.29) is 11.9 Å². The summed E-state index contributed by atoms with van der Waals surface area (Å²) in [6, 6.07) is 13.8. The minimum absolute atomic E-state index is 0.0366. The first kappa shape index (κ1) is 11.6. The number of hydrogen-bond acceptors (Lipinski definition) is 2. The normalized spacial score (nSPS) is 12.4. The minimum Gasteiger partial charge on any atom is -0.359 e. The molecule has 0 aliphatic rings. The number of amides is 1. The number of nitrogens with one attached hydrogen (secondary N) is 1. The van der Waals surface area contributed by atoms with Crippen molar-refractivity contribution >= 4 is 16.7 Å². The summed E-state index contributed by atoms with van der Waals surface area (Å²) in [7, 11) is 1.62. The molecule has 17 heavy (non-hydrogen) atoms. The van der Waals surface area contributed by atoms with Crippen LogP contribution in [-0.2, 0) is 4.79 Å². The van der Waals surface area contributed by atoms with Gasteiger partial charge in [-0.05, 0) is 16.3 Å². The van der Waals surface area contributed by atoms with E-state index in [0.29, 0.717) is 6.42 Å². The second-order valence-electron chi connectivity index (χ2n) is 4.05. The van der Waals surface area contributed by atoms with Crippen LogP contribution in [0.25, 0.3) is 10.8 Å². The first-order valence-corrected chi connectivity index (χ1v) is 5.66. The first-order chi connectivity index (χ1) is 8.22. The molecule has 3 nitrogen and oxygen atoms in total. The van der Waals surface area contributed by atoms with E-state index in [0.717, 1.165) is 16.3 Å². The van der Waals surface area contributed by atoms with Gasteiger partial charge in [-0.3, -0.25) is 4.79 Å². The van der Waals surface area contributed by atoms with Gasteiger partial charge in [0.25, 0.3) is 0 Å². The smallest absolute Gasteiger partial charge is 0.221 e. The zero-order valence-electron chi connectivity index (χ0n) is 9.81. The molecule has 0 aliphatic heterocycles. The van der Waals surface area contributed by atoms with Crippen molar-refractivity contribution in [3.8, 4) is 0 Å². The van der Waals surface area contributed by atoms with Crippen molar-refractivity contribution in [2.45, 2.75) is 12.5 Å². The lowest BCUT2D eigenvalue weighted by atomic mass is 9.97. The average molecular weight is 228 g/mol. The maximum absolute atomic E-state index is 11.3. The molecule has 2 rings (SSSR count). The Morgan fingerprint density at radius 2 is 1.94 bits per heavy atom. The third kappa shape index (κ3) is 2.45. The van der Waals surface area contributed by atoms with Crippen LogP contribution in [0.3, 0.4) is 0 Å². The van der Waals surface area contributed by atoms with Crippen LogP contribution in [0, 0.1) is 0 Å². The largest absolute Gasteiger partial charge is 0.359 e. The molecule has 3 N–H and O–H groups in total. The summed E-state index contributed by atoms with van der Waals surface area (Å²) in [6.45, 7) is 0. The highest BCUT2D eigenvalue weighted by atomic mass is 16.1. The Labute approximate surface area is 101 Å². The van der Waals surface area contributed by atoms with E-state index in [1.54, 1.807) is 7.05 Å². The molecule has 2 aromatic carbocycles. The molecule has 0 heterocycles. The summed E-state index contributed by atoms with van der Waals surface area (Å²) in [5, 5.41) is 4.86. The molecule has 1 unspecified atom stereocenters. The van der Waals surface area contributed by atoms with Gasteiger partial charge in [-0.1, -0.05) is 42.5 Å². The molecule has 1 amide bonds. The molecule has 0 fully saturated rings. The molecular formula is C14H16N2O. The Morgan fingerprint density at radius 1 is 1.24 bits per heavy atom. The van der Waals surface area contributed by atoms with Crippen molar-refractivity contribution < 1.29 is 4.79 Å². The fraction of sp³-hybridized carbons (Fsp3) is 0.214. The zero-order chi connectivity index (χ0) is 12.3. The number of nitrogens with two attached hydrogens (primary N) is 1. The second-order valence-corrected chi connectivity index (χ2v) is 4.05. The van der Waals surface area contributed by atoms with Crippen molar-refractivity contribution in [1.82, 2.24) is 5.32 Å². The van der Waals surface area contributed by atoms with Gasteiger partial charge in [-0.15, -0.1) is 0 Å². The van der Waals surface area contributed by atoms with Gasteiger partial charge in [-0.2, -0.15) is 0 Å². The summed E-state index contributed by atoms with van der Waals surface area (Å²) in [5.41, 5.74) is 7.10. The summed E-state index contributed by atoms with van der Waals surface area (Å²) < 4.78 is 0. The van der Waals surface area contributed by atoms with Crippen molar-refractivity contribution in [3.63, 3.8) is 0 Å². The lowest BCUT2D eigenvalue weighted by Gasteiger charge is -2.13. The number of hydrogen-bond donors (Lipinski definition) is 2. The molecule has 0 bridgehead atoms. The summed E-state index contributed by atoms with van der Waals surface area (Å²) >= 11 is 0. The van der Waals surface area contributed by atoms with Gasteiger partial charge < -0.3 is 11.1 Å². The van der Waals surface area contributed by atoms with Crippen molar-refractivity contribution in [1.29, 1.82) is 0 Å². The van der Waals surface area contributed by atoms with Crippen LogP contribution >= 0.6 is 0 Å². The van der Waals surface area contributed by atoms with Crippen LogP contribution in [0.5, 0.6) is 0 Å². The minimum atomic E-state index is -0.263. The van der Waals surface area contributed by atoms with Crippen LogP contribution in [0.15, 0.2) is 42.5 Å². The molecule has 2 aromatic rings. The molecule has 0 spiro atoms. The van der Waals surface area contributed by atoms with Gasteiger partial charge in [0.1, 0.15) is 0 Å². The number of benzene rings is 2. The molecular weight excluding hydrogens is 212 g/mol. The van der Waals surface area contributed by atoms with Gasteiger partial charge in [0.15, 0.2) is 0 Å². The third-order valence-corrected chi connectivity index (χ3v) is 2.91. The Kier molecular flexibility index (Phi) is 3.40. The standard InChI is InChI=1S/C14H16N2O/c1-16-14(17)9-13(15)12-8-4-6-10-5-2-3-7-11(10)12/h2-8,13H,9,15H2,1H3,(H,16,17). The van der Waals surface area contributed by atoms with Crippen LogP contribution < -0.4 is 11.1 Å². The highest BCUT2D eigenvalue weighted by Gasteiger charge is 2.12.